The van der Waals surface area contributed by atoms with Crippen LogP contribution in [-0.4, -0.2) is 38.5 Å². The number of aromatic nitrogens is 2. The van der Waals surface area contributed by atoms with Gasteiger partial charge in [-0.15, -0.1) is 0 Å². The molecule has 0 bridgehead atoms. The lowest BCUT2D eigenvalue weighted by Crippen LogP contribution is -2.40. The van der Waals surface area contributed by atoms with Crippen molar-refractivity contribution in [1.82, 2.24) is 15.0 Å². The van der Waals surface area contributed by atoms with Crippen LogP contribution in [0, 0.1) is 17.0 Å². The van der Waals surface area contributed by atoms with Crippen molar-refractivity contribution in [2.75, 3.05) is 6.61 Å². The lowest BCUT2D eigenvalue weighted by Gasteiger charge is -2.27. The van der Waals surface area contributed by atoms with Gasteiger partial charge in [-0.25, -0.2) is 0 Å². The number of amides is 1. The summed E-state index contributed by atoms with van der Waals surface area (Å²) in [6, 6.07) is 11.3. The summed E-state index contributed by atoms with van der Waals surface area (Å²) >= 11 is 5.91. The minimum absolute atomic E-state index is 0.00204. The van der Waals surface area contributed by atoms with Crippen molar-refractivity contribution in [3.63, 3.8) is 0 Å². The Morgan fingerprint density at radius 2 is 2.00 bits per heavy atom. The Morgan fingerprint density at radius 3 is 2.62 bits per heavy atom. The molecule has 0 radical (unpaired) electrons. The van der Waals surface area contributed by atoms with Crippen LogP contribution in [0.3, 0.4) is 0 Å². The van der Waals surface area contributed by atoms with Gasteiger partial charge in [0.15, 0.2) is 6.61 Å². The van der Waals surface area contributed by atoms with Gasteiger partial charge in [0.25, 0.3) is 11.6 Å². The van der Waals surface area contributed by atoms with Crippen molar-refractivity contribution in [2.24, 2.45) is 0 Å². The summed E-state index contributed by atoms with van der Waals surface area (Å²) in [5.41, 5.74) is 1.21. The lowest BCUT2D eigenvalue weighted by molar-refractivity contribution is -0.385. The van der Waals surface area contributed by atoms with Gasteiger partial charge in [0.2, 0.25) is 11.7 Å². The highest BCUT2D eigenvalue weighted by atomic mass is 35.5. The van der Waals surface area contributed by atoms with Gasteiger partial charge in [-0.05, 0) is 56.7 Å². The highest BCUT2D eigenvalue weighted by molar-refractivity contribution is 6.30. The Balaban J connectivity index is 1.68. The number of halogens is 1. The quantitative estimate of drug-likeness (QED) is 0.334. The summed E-state index contributed by atoms with van der Waals surface area (Å²) < 4.78 is 10.9. The fraction of sp³-hybridized carbons (Fsp3) is 0.318. The zero-order valence-electron chi connectivity index (χ0n) is 17.9. The number of rotatable bonds is 9. The molecule has 0 spiro atoms. The number of carbonyl (C=O) groups is 1. The second kappa shape index (κ2) is 10.2. The minimum Gasteiger partial charge on any atom is -0.484 e. The molecule has 0 aliphatic rings. The molecular weight excluding hydrogens is 436 g/mol. The summed E-state index contributed by atoms with van der Waals surface area (Å²) in [5, 5.41) is 15.5. The van der Waals surface area contributed by atoms with Crippen LogP contribution in [-0.2, 0) is 11.3 Å². The highest BCUT2D eigenvalue weighted by Crippen LogP contribution is 2.23. The van der Waals surface area contributed by atoms with Crippen LogP contribution in [0.5, 0.6) is 5.75 Å². The number of nitro groups is 1. The van der Waals surface area contributed by atoms with Gasteiger partial charge in [0.1, 0.15) is 12.3 Å². The third kappa shape index (κ3) is 5.61. The van der Waals surface area contributed by atoms with Gasteiger partial charge >= 0.3 is 0 Å². The zero-order valence-corrected chi connectivity index (χ0v) is 18.7. The Kier molecular flexibility index (Phi) is 7.42. The first-order chi connectivity index (χ1) is 15.3. The van der Waals surface area contributed by atoms with Crippen LogP contribution < -0.4 is 4.74 Å². The van der Waals surface area contributed by atoms with E-state index < -0.39 is 4.92 Å². The van der Waals surface area contributed by atoms with Crippen LogP contribution in [0.4, 0.5) is 5.69 Å². The molecule has 0 N–H and O–H groups in total. The maximum Gasteiger partial charge on any atom is 0.272 e. The number of hydrogen-bond donors (Lipinski definition) is 0. The lowest BCUT2D eigenvalue weighted by atomic mass is 10.2. The third-order valence-corrected chi connectivity index (χ3v) is 5.30. The summed E-state index contributed by atoms with van der Waals surface area (Å²) in [6.45, 7) is 5.42. The van der Waals surface area contributed by atoms with Crippen LogP contribution in [0.1, 0.15) is 31.7 Å². The number of nitrogens with zero attached hydrogens (tertiary/aromatic N) is 4. The third-order valence-electron chi connectivity index (χ3n) is 5.05. The molecule has 2 aromatic carbocycles. The normalized spacial score (nSPS) is 11.8. The molecule has 1 atom stereocenters. The van der Waals surface area contributed by atoms with Crippen molar-refractivity contribution in [3.05, 3.63) is 69.1 Å². The van der Waals surface area contributed by atoms with Gasteiger partial charge < -0.3 is 14.2 Å². The molecule has 3 aromatic rings. The van der Waals surface area contributed by atoms with E-state index in [2.05, 4.69) is 10.1 Å². The van der Waals surface area contributed by atoms with E-state index in [0.29, 0.717) is 28.1 Å². The Morgan fingerprint density at radius 1 is 1.28 bits per heavy atom. The van der Waals surface area contributed by atoms with Crippen molar-refractivity contribution in [1.29, 1.82) is 0 Å². The second-order valence-corrected chi connectivity index (χ2v) is 7.73. The van der Waals surface area contributed by atoms with E-state index in [9.17, 15) is 14.9 Å². The molecule has 1 amide bonds. The summed E-state index contributed by atoms with van der Waals surface area (Å²) in [7, 11) is 0. The van der Waals surface area contributed by atoms with E-state index in [1.807, 2.05) is 13.8 Å². The molecule has 1 aromatic heterocycles. The van der Waals surface area contributed by atoms with Crippen molar-refractivity contribution >= 4 is 23.2 Å². The van der Waals surface area contributed by atoms with Crippen molar-refractivity contribution in [2.45, 2.75) is 39.8 Å². The van der Waals surface area contributed by atoms with Gasteiger partial charge in [0, 0.05) is 28.3 Å². The molecular formula is C22H23ClN4O5. The molecule has 0 fully saturated rings. The van der Waals surface area contributed by atoms with Gasteiger partial charge in [0.05, 0.1) is 4.92 Å². The molecule has 0 aliphatic heterocycles. The van der Waals surface area contributed by atoms with Gasteiger partial charge in [-0.1, -0.05) is 23.7 Å². The fourth-order valence-corrected chi connectivity index (χ4v) is 3.17. The highest BCUT2D eigenvalue weighted by Gasteiger charge is 2.23. The number of ether oxygens (including phenoxy) is 1. The Bertz CT molecular complexity index is 1100. The first kappa shape index (κ1) is 23.2. The average molecular weight is 459 g/mol. The van der Waals surface area contributed by atoms with E-state index in [1.165, 1.54) is 18.2 Å². The number of benzene rings is 2. The van der Waals surface area contributed by atoms with Gasteiger partial charge in [-0.3, -0.25) is 14.9 Å². The molecule has 0 aliphatic carbocycles. The Labute approximate surface area is 190 Å². The van der Waals surface area contributed by atoms with E-state index in [-0.39, 0.29) is 30.8 Å². The number of aryl methyl sites for hydroxylation is 1. The number of hydrogen-bond acceptors (Lipinski definition) is 7. The maximum absolute atomic E-state index is 12.9. The molecule has 10 heteroatoms. The molecule has 32 heavy (non-hydrogen) atoms. The predicted octanol–water partition coefficient (Wildman–Crippen LogP) is 4.81. The number of nitro benzene ring substituents is 1. The van der Waals surface area contributed by atoms with Crippen LogP contribution >= 0.6 is 11.6 Å². The van der Waals surface area contributed by atoms with E-state index >= 15 is 0 Å². The predicted molar refractivity (Wildman–Crippen MR) is 118 cm³/mol. The molecule has 1 heterocycles. The first-order valence-electron chi connectivity index (χ1n) is 10.0. The summed E-state index contributed by atoms with van der Waals surface area (Å²) in [5.74, 6) is 0.829. The maximum atomic E-state index is 12.9. The average Bonchev–Trinajstić information content (AvgIpc) is 3.24. The van der Waals surface area contributed by atoms with Gasteiger partial charge in [-0.2, -0.15) is 4.98 Å². The first-order valence-corrected chi connectivity index (χ1v) is 10.4. The molecule has 0 saturated heterocycles. The zero-order chi connectivity index (χ0) is 23.3. The number of carbonyl (C=O) groups excluding carboxylic acids is 1. The minimum atomic E-state index is -0.461. The van der Waals surface area contributed by atoms with Crippen LogP contribution in [0.2, 0.25) is 5.02 Å². The molecule has 1 unspecified atom stereocenters. The van der Waals surface area contributed by atoms with E-state index in [0.717, 1.165) is 12.0 Å². The Hall–Kier alpha value is -3.46. The molecule has 9 nitrogen and oxygen atoms in total. The van der Waals surface area contributed by atoms with E-state index in [4.69, 9.17) is 20.9 Å². The summed E-state index contributed by atoms with van der Waals surface area (Å²) in [6.07, 6.45) is 0.723. The van der Waals surface area contributed by atoms with Crippen LogP contribution in [0.25, 0.3) is 11.4 Å². The monoisotopic (exact) mass is 458 g/mol. The van der Waals surface area contributed by atoms with E-state index in [1.54, 1.807) is 36.1 Å². The molecule has 0 saturated carbocycles. The van der Waals surface area contributed by atoms with Crippen LogP contribution in [0.15, 0.2) is 47.0 Å². The largest absolute Gasteiger partial charge is 0.484 e. The molecule has 3 rings (SSSR count). The second-order valence-electron chi connectivity index (χ2n) is 7.29. The molecule has 168 valence electrons. The topological polar surface area (TPSA) is 112 Å². The standard InChI is InChI=1S/C22H23ClN4O5/c1-4-15(3)26(12-20-24-22(25-32-20)16-5-7-17(23)8-6-16)21(28)13-31-18-9-10-19(27(29)30)14(2)11-18/h5-11,15H,4,12-13H2,1-3H3. The summed E-state index contributed by atoms with van der Waals surface area (Å²) in [4.78, 5) is 29.4. The van der Waals surface area contributed by atoms with Crippen molar-refractivity contribution < 1.29 is 19.0 Å². The fourth-order valence-electron chi connectivity index (χ4n) is 3.04. The smallest absolute Gasteiger partial charge is 0.272 e. The van der Waals surface area contributed by atoms with Crippen molar-refractivity contribution in [3.8, 4) is 17.1 Å². The SMILES string of the molecule is CCC(C)N(Cc1nc(-c2ccc(Cl)cc2)no1)C(=O)COc1ccc([N+](=O)[O-])c(C)c1.